The van der Waals surface area contributed by atoms with Crippen molar-refractivity contribution in [2.24, 2.45) is 0 Å². The van der Waals surface area contributed by atoms with Crippen LogP contribution in [0.25, 0.3) is 11.0 Å². The van der Waals surface area contributed by atoms with E-state index < -0.39 is 5.97 Å². The number of ether oxygens (including phenoxy) is 1. The molecule has 2 aliphatic rings. The number of carboxylic acid groups (broad SMARTS) is 1. The van der Waals surface area contributed by atoms with Crippen molar-refractivity contribution in [3.05, 3.63) is 87.7 Å². The van der Waals surface area contributed by atoms with E-state index in [9.17, 15) is 20.0 Å². The third-order valence-corrected chi connectivity index (χ3v) is 7.82. The van der Waals surface area contributed by atoms with Crippen LogP contribution in [0.2, 0.25) is 0 Å². The predicted molar refractivity (Wildman–Crippen MR) is 147 cm³/mol. The predicted octanol–water partition coefficient (Wildman–Crippen LogP) is 5.55. The molecule has 0 unspecified atom stereocenters. The summed E-state index contributed by atoms with van der Waals surface area (Å²) in [6.45, 7) is 3.11. The molecule has 1 saturated heterocycles. The molecule has 1 aliphatic carbocycles. The molecule has 39 heavy (non-hydrogen) atoms. The highest BCUT2D eigenvalue weighted by Gasteiger charge is 2.31. The van der Waals surface area contributed by atoms with Gasteiger partial charge in [0.05, 0.1) is 11.1 Å². The molecule has 6 rings (SSSR count). The Labute approximate surface area is 225 Å². The number of fused-ring (bicyclic) bond motifs is 2. The molecule has 0 spiro atoms. The van der Waals surface area contributed by atoms with E-state index in [2.05, 4.69) is 25.8 Å². The van der Waals surface area contributed by atoms with Crippen molar-refractivity contribution >= 4 is 28.4 Å². The molecule has 0 saturated carbocycles. The highest BCUT2D eigenvalue weighted by Crippen LogP contribution is 2.38. The number of nitrogens with one attached hydrogen (secondary N) is 1. The molecule has 0 amide bonds. The largest absolute Gasteiger partial charge is 0.478 e. The second-order valence-electron chi connectivity index (χ2n) is 10.1. The van der Waals surface area contributed by atoms with Gasteiger partial charge in [-0.1, -0.05) is 18.6 Å². The summed E-state index contributed by atoms with van der Waals surface area (Å²) < 4.78 is 6.03. The van der Waals surface area contributed by atoms with E-state index in [0.717, 1.165) is 79.7 Å². The first-order valence-corrected chi connectivity index (χ1v) is 13.2. The molecule has 1 atom stereocenters. The number of aromatic nitrogens is 2. The highest BCUT2D eigenvalue weighted by atomic mass is 16.6. The summed E-state index contributed by atoms with van der Waals surface area (Å²) in [5.74, 6) is -0.324. The quantitative estimate of drug-likeness (QED) is 0.190. The standard InChI is InChI=1S/C29H29N5O5/c35-29(36)24-9-8-20(17-27(24)39-21-16-19-10-11-30-28(19)31-18-21)32-12-14-33(15-13-32)25-6-2-1-4-23-22(25)5-3-7-26(23)34(37)38/h3,5,7-11,16-18,25H,1-2,4,6,12-15H2,(H,30,31)(H,35,36)/t25-/m1/s1. The van der Waals surface area contributed by atoms with Gasteiger partial charge in [0.15, 0.2) is 0 Å². The maximum atomic E-state index is 11.9. The number of nitrogens with zero attached hydrogens (tertiary/aromatic N) is 4. The van der Waals surface area contributed by atoms with Crippen LogP contribution < -0.4 is 9.64 Å². The van der Waals surface area contributed by atoms with Gasteiger partial charge in [0, 0.05) is 67.2 Å². The SMILES string of the molecule is O=C(O)c1ccc(N2CCN([C@@H]3CCCCc4c3cccc4[N+](=O)[O-])CC2)cc1Oc1cnc2[nH]ccc2c1. The zero-order chi connectivity index (χ0) is 26.9. The normalized spacial score (nSPS) is 17.9. The van der Waals surface area contributed by atoms with Gasteiger partial charge in [-0.05, 0) is 49.1 Å². The minimum Gasteiger partial charge on any atom is -0.478 e. The summed E-state index contributed by atoms with van der Waals surface area (Å²) in [5.41, 5.74) is 3.91. The third-order valence-electron chi connectivity index (χ3n) is 7.82. The Balaban J connectivity index is 1.21. The molecule has 1 aliphatic heterocycles. The molecule has 10 nitrogen and oxygen atoms in total. The number of benzene rings is 2. The van der Waals surface area contributed by atoms with E-state index in [4.69, 9.17) is 4.74 Å². The topological polar surface area (TPSA) is 125 Å². The fourth-order valence-corrected chi connectivity index (χ4v) is 5.88. The molecule has 2 aromatic heterocycles. The van der Waals surface area contributed by atoms with Gasteiger partial charge in [-0.15, -0.1) is 0 Å². The average Bonchev–Trinajstić information content (AvgIpc) is 3.30. The van der Waals surface area contributed by atoms with Crippen molar-refractivity contribution in [3.63, 3.8) is 0 Å². The van der Waals surface area contributed by atoms with Crippen molar-refractivity contribution in [3.8, 4) is 11.5 Å². The Kier molecular flexibility index (Phi) is 6.62. The Bertz CT molecular complexity index is 1540. The summed E-state index contributed by atoms with van der Waals surface area (Å²) in [5, 5.41) is 22.3. The molecule has 2 aromatic carbocycles. The Morgan fingerprint density at radius 1 is 1.10 bits per heavy atom. The fourth-order valence-electron chi connectivity index (χ4n) is 5.88. The molecular formula is C29H29N5O5. The number of piperazine rings is 1. The van der Waals surface area contributed by atoms with Gasteiger partial charge in [-0.3, -0.25) is 15.0 Å². The van der Waals surface area contributed by atoms with Gasteiger partial charge in [-0.2, -0.15) is 0 Å². The number of carbonyl (C=O) groups is 1. The molecule has 200 valence electrons. The number of aromatic carboxylic acids is 1. The lowest BCUT2D eigenvalue weighted by molar-refractivity contribution is -0.385. The lowest BCUT2D eigenvalue weighted by atomic mass is 9.95. The fraction of sp³-hybridized carbons (Fsp3) is 0.310. The van der Waals surface area contributed by atoms with E-state index in [0.29, 0.717) is 5.75 Å². The maximum Gasteiger partial charge on any atom is 0.339 e. The third kappa shape index (κ3) is 4.90. The summed E-state index contributed by atoms with van der Waals surface area (Å²) in [6, 6.07) is 14.5. The summed E-state index contributed by atoms with van der Waals surface area (Å²) in [7, 11) is 0. The van der Waals surface area contributed by atoms with Crippen molar-refractivity contribution in [1.29, 1.82) is 0 Å². The minimum absolute atomic E-state index is 0.0863. The maximum absolute atomic E-state index is 11.9. The lowest BCUT2D eigenvalue weighted by Gasteiger charge is -2.40. The summed E-state index contributed by atoms with van der Waals surface area (Å²) in [6.07, 6.45) is 7.09. The van der Waals surface area contributed by atoms with Gasteiger partial charge in [0.1, 0.15) is 22.7 Å². The first-order valence-electron chi connectivity index (χ1n) is 13.2. The second kappa shape index (κ2) is 10.4. The highest BCUT2D eigenvalue weighted by molar-refractivity contribution is 5.92. The van der Waals surface area contributed by atoms with Crippen molar-refractivity contribution in [2.75, 3.05) is 31.1 Å². The molecular weight excluding hydrogens is 498 g/mol. The number of hydrogen-bond donors (Lipinski definition) is 2. The molecule has 0 bridgehead atoms. The number of anilines is 1. The van der Waals surface area contributed by atoms with Gasteiger partial charge < -0.3 is 19.7 Å². The van der Waals surface area contributed by atoms with Crippen LogP contribution in [-0.4, -0.2) is 57.0 Å². The van der Waals surface area contributed by atoms with Crippen LogP contribution in [0.4, 0.5) is 11.4 Å². The molecule has 2 N–H and O–H groups in total. The van der Waals surface area contributed by atoms with E-state index in [-0.39, 0.29) is 28.0 Å². The number of hydrogen-bond acceptors (Lipinski definition) is 7. The first kappa shape index (κ1) is 24.9. The second-order valence-corrected chi connectivity index (χ2v) is 10.1. The van der Waals surface area contributed by atoms with Gasteiger partial charge in [0.25, 0.3) is 5.69 Å². The van der Waals surface area contributed by atoms with Crippen LogP contribution in [-0.2, 0) is 6.42 Å². The Hall–Kier alpha value is -4.44. The molecule has 1 fully saturated rings. The van der Waals surface area contributed by atoms with Crippen LogP contribution in [0.5, 0.6) is 11.5 Å². The van der Waals surface area contributed by atoms with Crippen molar-refractivity contribution in [1.82, 2.24) is 14.9 Å². The van der Waals surface area contributed by atoms with Gasteiger partial charge >= 0.3 is 5.97 Å². The van der Waals surface area contributed by atoms with Crippen LogP contribution in [0.3, 0.4) is 0 Å². The number of aromatic amines is 1. The number of nitro groups is 1. The van der Waals surface area contributed by atoms with E-state index >= 15 is 0 Å². The number of pyridine rings is 1. The zero-order valence-corrected chi connectivity index (χ0v) is 21.4. The smallest absolute Gasteiger partial charge is 0.339 e. The van der Waals surface area contributed by atoms with E-state index in [1.54, 1.807) is 36.7 Å². The summed E-state index contributed by atoms with van der Waals surface area (Å²) in [4.78, 5) is 35.4. The summed E-state index contributed by atoms with van der Waals surface area (Å²) >= 11 is 0. The lowest BCUT2D eigenvalue weighted by Crippen LogP contribution is -2.47. The minimum atomic E-state index is -1.06. The monoisotopic (exact) mass is 527 g/mol. The van der Waals surface area contributed by atoms with Crippen molar-refractivity contribution in [2.45, 2.75) is 31.7 Å². The van der Waals surface area contributed by atoms with E-state index in [1.807, 2.05) is 18.2 Å². The number of nitro benzene ring substituents is 1. The number of carboxylic acids is 1. The van der Waals surface area contributed by atoms with Crippen molar-refractivity contribution < 1.29 is 19.6 Å². The van der Waals surface area contributed by atoms with E-state index in [1.165, 1.54) is 0 Å². The Morgan fingerprint density at radius 2 is 1.95 bits per heavy atom. The van der Waals surface area contributed by atoms with Gasteiger partial charge in [-0.25, -0.2) is 9.78 Å². The average molecular weight is 528 g/mol. The first-order chi connectivity index (χ1) is 19.0. The zero-order valence-electron chi connectivity index (χ0n) is 21.4. The number of H-pyrrole nitrogens is 1. The van der Waals surface area contributed by atoms with Crippen LogP contribution in [0, 0.1) is 10.1 Å². The molecule has 3 heterocycles. The molecule has 4 aromatic rings. The van der Waals surface area contributed by atoms with Crippen LogP contribution in [0.15, 0.2) is 60.9 Å². The molecule has 10 heteroatoms. The molecule has 0 radical (unpaired) electrons. The van der Waals surface area contributed by atoms with Gasteiger partial charge in [0.2, 0.25) is 0 Å². The number of rotatable bonds is 6. The van der Waals surface area contributed by atoms with Crippen LogP contribution >= 0.6 is 0 Å². The Morgan fingerprint density at radius 3 is 2.74 bits per heavy atom. The van der Waals surface area contributed by atoms with Crippen LogP contribution in [0.1, 0.15) is 46.8 Å².